The van der Waals surface area contributed by atoms with Gasteiger partial charge in [-0.05, 0) is 43.3 Å². The molecule has 1 heterocycles. The van der Waals surface area contributed by atoms with Gasteiger partial charge in [-0.25, -0.2) is 9.18 Å². The van der Waals surface area contributed by atoms with Crippen molar-refractivity contribution < 1.29 is 18.3 Å². The highest BCUT2D eigenvalue weighted by Crippen LogP contribution is 2.30. The third-order valence-corrected chi connectivity index (χ3v) is 4.61. The normalized spacial score (nSPS) is 11.7. The summed E-state index contributed by atoms with van der Waals surface area (Å²) in [6.07, 6.45) is 0. The van der Waals surface area contributed by atoms with E-state index in [1.807, 2.05) is 30.3 Å². The van der Waals surface area contributed by atoms with Gasteiger partial charge in [-0.1, -0.05) is 42.5 Å². The van der Waals surface area contributed by atoms with E-state index in [0.717, 1.165) is 5.56 Å². The average molecular weight is 417 g/mol. The zero-order valence-electron chi connectivity index (χ0n) is 16.8. The summed E-state index contributed by atoms with van der Waals surface area (Å²) in [6, 6.07) is 21.7. The second-order valence-electron chi connectivity index (χ2n) is 6.71. The lowest BCUT2D eigenvalue weighted by Gasteiger charge is -2.18. The van der Waals surface area contributed by atoms with E-state index in [0.29, 0.717) is 22.7 Å². The highest BCUT2D eigenvalue weighted by Gasteiger charge is 2.24. The first-order valence-electron chi connectivity index (χ1n) is 9.82. The van der Waals surface area contributed by atoms with Gasteiger partial charge in [-0.3, -0.25) is 0 Å². The van der Waals surface area contributed by atoms with Gasteiger partial charge in [0.15, 0.2) is 0 Å². The number of aromatic nitrogens is 2. The molecule has 0 saturated carbocycles. The molecule has 0 amide bonds. The Bertz CT molecular complexity index is 1180. The van der Waals surface area contributed by atoms with Gasteiger partial charge in [0.2, 0.25) is 11.8 Å². The van der Waals surface area contributed by atoms with Crippen molar-refractivity contribution in [3.8, 4) is 11.5 Å². The molecular weight excluding hydrogens is 397 g/mol. The zero-order valence-corrected chi connectivity index (χ0v) is 16.8. The number of rotatable bonds is 7. The number of ether oxygens (including phenoxy) is 1. The lowest BCUT2D eigenvalue weighted by atomic mass is 10.1. The van der Waals surface area contributed by atoms with Crippen LogP contribution >= 0.6 is 0 Å². The smallest absolute Gasteiger partial charge is 0.338 e. The van der Waals surface area contributed by atoms with Crippen LogP contribution in [-0.2, 0) is 4.74 Å². The van der Waals surface area contributed by atoms with Crippen LogP contribution < -0.4 is 5.32 Å². The largest absolute Gasteiger partial charge is 0.462 e. The minimum absolute atomic E-state index is 0.200. The van der Waals surface area contributed by atoms with Gasteiger partial charge in [-0.15, -0.1) is 10.2 Å². The SMILES string of the molecule is CCOC(=O)c1cccc(N[C@H](c2nnc(-c3ccccc3)o2)c2ccccc2F)c1. The maximum Gasteiger partial charge on any atom is 0.338 e. The fraction of sp³-hybridized carbons (Fsp3) is 0.125. The third kappa shape index (κ3) is 4.61. The summed E-state index contributed by atoms with van der Waals surface area (Å²) >= 11 is 0. The van der Waals surface area contributed by atoms with Crippen LogP contribution in [0.15, 0.2) is 83.3 Å². The number of carbonyl (C=O) groups is 1. The van der Waals surface area contributed by atoms with Gasteiger partial charge in [-0.2, -0.15) is 0 Å². The Balaban J connectivity index is 1.70. The van der Waals surface area contributed by atoms with Crippen LogP contribution in [0.25, 0.3) is 11.5 Å². The number of halogens is 1. The van der Waals surface area contributed by atoms with Gasteiger partial charge < -0.3 is 14.5 Å². The summed E-state index contributed by atoms with van der Waals surface area (Å²) in [5.41, 5.74) is 2.07. The molecule has 156 valence electrons. The van der Waals surface area contributed by atoms with Gasteiger partial charge in [0.25, 0.3) is 0 Å². The van der Waals surface area contributed by atoms with Crippen molar-refractivity contribution in [3.05, 3.63) is 102 Å². The molecule has 1 aromatic heterocycles. The lowest BCUT2D eigenvalue weighted by molar-refractivity contribution is 0.0526. The van der Waals surface area contributed by atoms with E-state index in [-0.39, 0.29) is 12.5 Å². The van der Waals surface area contributed by atoms with Crippen molar-refractivity contribution in [2.24, 2.45) is 0 Å². The number of benzene rings is 3. The molecule has 0 aliphatic carbocycles. The van der Waals surface area contributed by atoms with E-state index in [1.54, 1.807) is 49.4 Å². The fourth-order valence-corrected chi connectivity index (χ4v) is 3.15. The maximum absolute atomic E-state index is 14.7. The van der Waals surface area contributed by atoms with Gasteiger partial charge in [0.1, 0.15) is 11.9 Å². The molecular formula is C24H20FN3O3. The van der Waals surface area contributed by atoms with Crippen LogP contribution in [0, 0.1) is 5.82 Å². The summed E-state index contributed by atoms with van der Waals surface area (Å²) in [6.45, 7) is 2.02. The van der Waals surface area contributed by atoms with E-state index in [4.69, 9.17) is 9.15 Å². The maximum atomic E-state index is 14.7. The van der Waals surface area contributed by atoms with E-state index < -0.39 is 17.8 Å². The first-order valence-corrected chi connectivity index (χ1v) is 9.82. The lowest BCUT2D eigenvalue weighted by Crippen LogP contribution is -2.15. The average Bonchev–Trinajstić information content (AvgIpc) is 3.29. The molecule has 1 atom stereocenters. The Morgan fingerprint density at radius 3 is 2.58 bits per heavy atom. The molecule has 0 fully saturated rings. The summed E-state index contributed by atoms with van der Waals surface area (Å²) < 4.78 is 25.6. The highest BCUT2D eigenvalue weighted by molar-refractivity contribution is 5.90. The van der Waals surface area contributed by atoms with Crippen molar-refractivity contribution >= 4 is 11.7 Å². The van der Waals surface area contributed by atoms with Crippen molar-refractivity contribution in [3.63, 3.8) is 0 Å². The Morgan fingerprint density at radius 2 is 1.81 bits per heavy atom. The topological polar surface area (TPSA) is 77.2 Å². The molecule has 6 nitrogen and oxygen atoms in total. The van der Waals surface area contributed by atoms with Crippen LogP contribution in [0.3, 0.4) is 0 Å². The Labute approximate surface area is 178 Å². The summed E-state index contributed by atoms with van der Waals surface area (Å²) in [5, 5.41) is 11.5. The molecule has 0 spiro atoms. The predicted octanol–water partition coefficient (Wildman–Crippen LogP) is 5.25. The third-order valence-electron chi connectivity index (χ3n) is 4.61. The first-order chi connectivity index (χ1) is 15.2. The molecule has 1 N–H and O–H groups in total. The van der Waals surface area contributed by atoms with Crippen molar-refractivity contribution in [2.75, 3.05) is 11.9 Å². The van der Waals surface area contributed by atoms with Crippen molar-refractivity contribution in [1.82, 2.24) is 10.2 Å². The molecule has 0 bridgehead atoms. The molecule has 0 saturated heterocycles. The number of hydrogen-bond donors (Lipinski definition) is 1. The standard InChI is InChI=1S/C24H20FN3O3/c1-2-30-24(29)17-11-8-12-18(15-17)26-21(19-13-6-7-14-20(19)25)23-28-27-22(31-23)16-9-4-3-5-10-16/h3-15,21,26H,2H2,1H3/t21-/m0/s1. The second-order valence-corrected chi connectivity index (χ2v) is 6.71. The van der Waals surface area contributed by atoms with Crippen LogP contribution in [0.1, 0.15) is 34.8 Å². The number of hydrogen-bond acceptors (Lipinski definition) is 6. The molecule has 0 radical (unpaired) electrons. The first kappa shape index (κ1) is 20.3. The monoisotopic (exact) mass is 417 g/mol. The van der Waals surface area contributed by atoms with Crippen LogP contribution in [0.5, 0.6) is 0 Å². The molecule has 4 aromatic rings. The van der Waals surface area contributed by atoms with Crippen LogP contribution in [-0.4, -0.2) is 22.8 Å². The fourth-order valence-electron chi connectivity index (χ4n) is 3.15. The molecule has 31 heavy (non-hydrogen) atoms. The van der Waals surface area contributed by atoms with Crippen molar-refractivity contribution in [2.45, 2.75) is 13.0 Å². The van der Waals surface area contributed by atoms with E-state index in [1.165, 1.54) is 6.07 Å². The number of esters is 1. The van der Waals surface area contributed by atoms with Gasteiger partial charge in [0.05, 0.1) is 12.2 Å². The van der Waals surface area contributed by atoms with Crippen LogP contribution in [0.2, 0.25) is 0 Å². The molecule has 0 unspecified atom stereocenters. The number of nitrogens with zero attached hydrogens (tertiary/aromatic N) is 2. The van der Waals surface area contributed by atoms with Crippen molar-refractivity contribution in [1.29, 1.82) is 0 Å². The summed E-state index contributed by atoms with van der Waals surface area (Å²) in [4.78, 5) is 12.1. The Hall–Kier alpha value is -4.00. The Morgan fingerprint density at radius 1 is 1.03 bits per heavy atom. The molecule has 7 heteroatoms. The zero-order chi connectivity index (χ0) is 21.6. The highest BCUT2D eigenvalue weighted by atomic mass is 19.1. The van der Waals surface area contributed by atoms with Crippen LogP contribution in [0.4, 0.5) is 10.1 Å². The number of nitrogens with one attached hydrogen (secondary N) is 1. The predicted molar refractivity (Wildman–Crippen MR) is 114 cm³/mol. The number of anilines is 1. The second kappa shape index (κ2) is 9.21. The van der Waals surface area contributed by atoms with E-state index in [2.05, 4.69) is 15.5 Å². The molecule has 0 aliphatic heterocycles. The quantitative estimate of drug-likeness (QED) is 0.414. The Kier molecular flexibility index (Phi) is 6.03. The van der Waals surface area contributed by atoms with E-state index >= 15 is 0 Å². The molecule has 3 aromatic carbocycles. The number of carbonyl (C=O) groups excluding carboxylic acids is 1. The summed E-state index contributed by atoms with van der Waals surface area (Å²) in [5.74, 6) is -0.316. The minimum Gasteiger partial charge on any atom is -0.462 e. The van der Waals surface area contributed by atoms with Gasteiger partial charge in [0, 0.05) is 16.8 Å². The molecule has 4 rings (SSSR count). The van der Waals surface area contributed by atoms with E-state index in [9.17, 15) is 9.18 Å². The molecule has 0 aliphatic rings. The van der Waals surface area contributed by atoms with Gasteiger partial charge >= 0.3 is 5.97 Å². The minimum atomic E-state index is -0.761. The summed E-state index contributed by atoms with van der Waals surface area (Å²) in [7, 11) is 0.